The number of carbonyl (C=O) groups is 1. The number of nitrogens with zero attached hydrogens (tertiary/aromatic N) is 2. The topological polar surface area (TPSA) is 88.8 Å². The van der Waals surface area contributed by atoms with Gasteiger partial charge < -0.3 is 14.4 Å². The highest BCUT2D eigenvalue weighted by atomic mass is 35.5. The van der Waals surface area contributed by atoms with Crippen LogP contribution in [0.4, 0.5) is 0 Å². The van der Waals surface area contributed by atoms with E-state index in [9.17, 15) is 18.3 Å². The zero-order valence-electron chi connectivity index (χ0n) is 15.1. The first kappa shape index (κ1) is 19.9. The fraction of sp³-hybridized carbons (Fsp3) is 0.389. The molecule has 2 aromatic rings. The molecule has 1 aliphatic heterocycles. The zero-order valence-corrected chi connectivity index (χ0v) is 16.6. The summed E-state index contributed by atoms with van der Waals surface area (Å²) >= 11 is 5.89. The van der Waals surface area contributed by atoms with E-state index in [4.69, 9.17) is 11.6 Å². The van der Waals surface area contributed by atoms with Gasteiger partial charge in [0.05, 0.1) is 12.7 Å². The predicted octanol–water partition coefficient (Wildman–Crippen LogP) is 2.14. The molecule has 27 heavy (non-hydrogen) atoms. The van der Waals surface area contributed by atoms with Crippen molar-refractivity contribution in [2.75, 3.05) is 20.2 Å². The van der Waals surface area contributed by atoms with Gasteiger partial charge in [-0.05, 0) is 42.7 Å². The fourth-order valence-electron chi connectivity index (χ4n) is 3.34. The third-order valence-corrected chi connectivity index (χ3v) is 7.24. The molecule has 2 heterocycles. The number of aliphatic hydroxyl groups is 1. The monoisotopic (exact) mass is 412 g/mol. The van der Waals surface area contributed by atoms with Crippen molar-refractivity contribution in [3.8, 4) is 0 Å². The Morgan fingerprint density at radius 1 is 1.15 bits per heavy atom. The molecule has 0 unspecified atom stereocenters. The van der Waals surface area contributed by atoms with Crippen molar-refractivity contribution in [1.82, 2.24) is 8.87 Å². The standard InChI is InChI=1S/C18H21ClN2O5S/c1-20-15(17(22)26-2)7-8-16(20)27(24,25)21-11-9-18(23,10-12-21)13-3-5-14(19)6-4-13/h3-8,23H,9-12H2,1-2H3. The van der Waals surface area contributed by atoms with Gasteiger partial charge in [0, 0.05) is 25.2 Å². The molecule has 1 saturated heterocycles. The van der Waals surface area contributed by atoms with E-state index in [1.165, 1.54) is 35.2 Å². The number of benzene rings is 1. The Hall–Kier alpha value is -1.87. The van der Waals surface area contributed by atoms with Gasteiger partial charge in [0.25, 0.3) is 10.0 Å². The molecule has 0 bridgehead atoms. The van der Waals surface area contributed by atoms with E-state index < -0.39 is 21.6 Å². The smallest absolute Gasteiger partial charge is 0.354 e. The number of rotatable bonds is 4. The lowest BCUT2D eigenvalue weighted by Crippen LogP contribution is -2.45. The normalized spacial score (nSPS) is 17.6. The van der Waals surface area contributed by atoms with Crippen LogP contribution in [-0.2, 0) is 27.4 Å². The lowest BCUT2D eigenvalue weighted by atomic mass is 9.85. The number of aromatic nitrogens is 1. The number of halogens is 1. The summed E-state index contributed by atoms with van der Waals surface area (Å²) in [5, 5.41) is 11.5. The number of sulfonamides is 1. The SMILES string of the molecule is COC(=O)c1ccc(S(=O)(=O)N2CCC(O)(c3ccc(Cl)cc3)CC2)n1C. The molecule has 1 aromatic heterocycles. The van der Waals surface area contributed by atoms with E-state index >= 15 is 0 Å². The highest BCUT2D eigenvalue weighted by Crippen LogP contribution is 2.35. The second-order valence-electron chi connectivity index (χ2n) is 6.55. The van der Waals surface area contributed by atoms with Crippen LogP contribution >= 0.6 is 11.6 Å². The molecule has 1 fully saturated rings. The predicted molar refractivity (Wildman–Crippen MR) is 100 cm³/mol. The van der Waals surface area contributed by atoms with Crippen LogP contribution in [0.2, 0.25) is 5.02 Å². The van der Waals surface area contributed by atoms with Crippen LogP contribution in [0.15, 0.2) is 41.4 Å². The maximum absolute atomic E-state index is 13.0. The first-order chi connectivity index (χ1) is 12.7. The summed E-state index contributed by atoms with van der Waals surface area (Å²) in [7, 11) is -1.05. The highest BCUT2D eigenvalue weighted by Gasteiger charge is 2.39. The number of methoxy groups -OCH3 is 1. The van der Waals surface area contributed by atoms with E-state index in [1.807, 2.05) is 0 Å². The minimum atomic E-state index is -3.80. The summed E-state index contributed by atoms with van der Waals surface area (Å²) in [5.41, 5.74) is -0.219. The Balaban J connectivity index is 1.80. The van der Waals surface area contributed by atoms with Gasteiger partial charge in [-0.2, -0.15) is 4.31 Å². The summed E-state index contributed by atoms with van der Waals surface area (Å²) in [6.07, 6.45) is 0.532. The fourth-order valence-corrected chi connectivity index (χ4v) is 5.08. The molecule has 0 radical (unpaired) electrons. The van der Waals surface area contributed by atoms with Crippen LogP contribution in [0.5, 0.6) is 0 Å². The van der Waals surface area contributed by atoms with Crippen molar-refractivity contribution in [3.63, 3.8) is 0 Å². The molecule has 1 aromatic carbocycles. The largest absolute Gasteiger partial charge is 0.464 e. The molecular formula is C18H21ClN2O5S. The number of piperidine rings is 1. The quantitative estimate of drug-likeness (QED) is 0.777. The lowest BCUT2D eigenvalue weighted by Gasteiger charge is -2.37. The average molecular weight is 413 g/mol. The van der Waals surface area contributed by atoms with E-state index in [0.29, 0.717) is 5.02 Å². The minimum Gasteiger partial charge on any atom is -0.464 e. The molecule has 0 saturated carbocycles. The first-order valence-corrected chi connectivity index (χ1v) is 10.2. The van der Waals surface area contributed by atoms with Gasteiger partial charge in [-0.25, -0.2) is 13.2 Å². The summed E-state index contributed by atoms with van der Waals surface area (Å²) < 4.78 is 33.3. The van der Waals surface area contributed by atoms with E-state index in [2.05, 4.69) is 4.74 Å². The number of ether oxygens (including phenoxy) is 1. The van der Waals surface area contributed by atoms with Crippen LogP contribution < -0.4 is 0 Å². The molecule has 0 atom stereocenters. The molecular weight excluding hydrogens is 392 g/mol. The maximum atomic E-state index is 13.0. The number of esters is 1. The van der Waals surface area contributed by atoms with Crippen molar-refractivity contribution in [1.29, 1.82) is 0 Å². The van der Waals surface area contributed by atoms with Gasteiger partial charge in [0.15, 0.2) is 5.03 Å². The summed E-state index contributed by atoms with van der Waals surface area (Å²) in [6.45, 7) is 0.334. The second kappa shape index (κ2) is 7.27. The Morgan fingerprint density at radius 3 is 2.30 bits per heavy atom. The molecule has 7 nitrogen and oxygen atoms in total. The molecule has 0 spiro atoms. The van der Waals surface area contributed by atoms with Crippen LogP contribution in [-0.4, -0.2) is 48.6 Å². The number of hydrogen-bond acceptors (Lipinski definition) is 5. The van der Waals surface area contributed by atoms with Crippen molar-refractivity contribution in [3.05, 3.63) is 52.7 Å². The first-order valence-electron chi connectivity index (χ1n) is 8.42. The molecule has 3 rings (SSSR count). The summed E-state index contributed by atoms with van der Waals surface area (Å²) in [5.74, 6) is -0.602. The Labute approximate surface area is 163 Å². The third kappa shape index (κ3) is 3.62. The minimum absolute atomic E-state index is 0.0137. The molecule has 0 amide bonds. The second-order valence-corrected chi connectivity index (χ2v) is 8.87. The highest BCUT2D eigenvalue weighted by molar-refractivity contribution is 7.89. The molecule has 0 aliphatic carbocycles. The molecule has 1 aliphatic rings. The van der Waals surface area contributed by atoms with Crippen molar-refractivity contribution in [2.24, 2.45) is 7.05 Å². The average Bonchev–Trinajstić information content (AvgIpc) is 3.04. The van der Waals surface area contributed by atoms with Gasteiger partial charge in [-0.15, -0.1) is 0 Å². The number of hydrogen-bond donors (Lipinski definition) is 1. The third-order valence-electron chi connectivity index (χ3n) is 5.01. The van der Waals surface area contributed by atoms with Gasteiger partial charge in [0.1, 0.15) is 5.69 Å². The van der Waals surface area contributed by atoms with E-state index in [1.54, 1.807) is 24.3 Å². The molecule has 9 heteroatoms. The Morgan fingerprint density at radius 2 is 1.74 bits per heavy atom. The van der Waals surface area contributed by atoms with Crippen LogP contribution in [0.3, 0.4) is 0 Å². The summed E-state index contributed by atoms with van der Waals surface area (Å²) in [4.78, 5) is 11.7. The molecule has 146 valence electrons. The van der Waals surface area contributed by atoms with Crippen molar-refractivity contribution in [2.45, 2.75) is 23.5 Å². The van der Waals surface area contributed by atoms with Gasteiger partial charge in [0.2, 0.25) is 0 Å². The Bertz CT molecular complexity index is 945. The van der Waals surface area contributed by atoms with E-state index in [-0.39, 0.29) is 36.7 Å². The van der Waals surface area contributed by atoms with Gasteiger partial charge in [-0.1, -0.05) is 23.7 Å². The van der Waals surface area contributed by atoms with Crippen LogP contribution in [0, 0.1) is 0 Å². The van der Waals surface area contributed by atoms with Crippen LogP contribution in [0.1, 0.15) is 28.9 Å². The van der Waals surface area contributed by atoms with Crippen molar-refractivity contribution < 1.29 is 23.1 Å². The van der Waals surface area contributed by atoms with Gasteiger partial charge in [-0.3, -0.25) is 0 Å². The zero-order chi connectivity index (χ0) is 19.8. The van der Waals surface area contributed by atoms with Crippen LogP contribution in [0.25, 0.3) is 0 Å². The summed E-state index contributed by atoms with van der Waals surface area (Å²) in [6, 6.07) is 9.74. The maximum Gasteiger partial charge on any atom is 0.354 e. The van der Waals surface area contributed by atoms with Crippen molar-refractivity contribution >= 4 is 27.6 Å². The molecule has 1 N–H and O–H groups in total. The lowest BCUT2D eigenvalue weighted by molar-refractivity contribution is -0.00967. The van der Waals surface area contributed by atoms with E-state index in [0.717, 1.165) is 5.56 Å². The van der Waals surface area contributed by atoms with Gasteiger partial charge >= 0.3 is 5.97 Å². The number of carbonyl (C=O) groups excluding carboxylic acids is 1. The Kier molecular flexibility index (Phi) is 5.36.